The van der Waals surface area contributed by atoms with E-state index in [1.807, 2.05) is 36.6 Å². The SMILES string of the molecule is Cc1ncsc1CCC(=O)N1CCCCC1c1cncn1C. The summed E-state index contributed by atoms with van der Waals surface area (Å²) in [5, 5.41) is 0. The van der Waals surface area contributed by atoms with Gasteiger partial charge in [0.15, 0.2) is 0 Å². The third-order valence-corrected chi connectivity index (χ3v) is 5.42. The monoisotopic (exact) mass is 318 g/mol. The predicted molar refractivity (Wildman–Crippen MR) is 86.7 cm³/mol. The maximum atomic E-state index is 12.7. The van der Waals surface area contributed by atoms with Gasteiger partial charge >= 0.3 is 0 Å². The molecule has 1 aliphatic rings. The van der Waals surface area contributed by atoms with Gasteiger partial charge in [0.25, 0.3) is 0 Å². The molecule has 0 spiro atoms. The van der Waals surface area contributed by atoms with Crippen LogP contribution < -0.4 is 0 Å². The predicted octanol–water partition coefficient (Wildman–Crippen LogP) is 2.87. The number of carbonyl (C=O) groups is 1. The lowest BCUT2D eigenvalue weighted by Gasteiger charge is -2.36. The molecule has 22 heavy (non-hydrogen) atoms. The largest absolute Gasteiger partial charge is 0.336 e. The van der Waals surface area contributed by atoms with Gasteiger partial charge in [-0.1, -0.05) is 0 Å². The zero-order valence-electron chi connectivity index (χ0n) is 13.2. The van der Waals surface area contributed by atoms with Crippen LogP contribution in [0.3, 0.4) is 0 Å². The number of imidazole rings is 1. The van der Waals surface area contributed by atoms with E-state index in [0.29, 0.717) is 6.42 Å². The van der Waals surface area contributed by atoms with Crippen molar-refractivity contribution in [2.75, 3.05) is 6.54 Å². The van der Waals surface area contributed by atoms with Gasteiger partial charge in [-0.05, 0) is 32.6 Å². The normalized spacial score (nSPS) is 18.6. The van der Waals surface area contributed by atoms with Crippen LogP contribution in [0.25, 0.3) is 0 Å². The van der Waals surface area contributed by atoms with Crippen molar-refractivity contribution >= 4 is 17.2 Å². The second-order valence-electron chi connectivity index (χ2n) is 5.89. The van der Waals surface area contributed by atoms with Crippen LogP contribution in [0.2, 0.25) is 0 Å². The quantitative estimate of drug-likeness (QED) is 0.871. The van der Waals surface area contributed by atoms with Crippen LogP contribution >= 0.6 is 11.3 Å². The van der Waals surface area contributed by atoms with Crippen LogP contribution in [0.1, 0.15) is 48.0 Å². The minimum absolute atomic E-state index is 0.177. The molecule has 5 nitrogen and oxygen atoms in total. The van der Waals surface area contributed by atoms with Crippen LogP contribution in [0.4, 0.5) is 0 Å². The molecule has 1 amide bonds. The molecule has 6 heteroatoms. The lowest BCUT2D eigenvalue weighted by atomic mass is 9.98. The van der Waals surface area contributed by atoms with E-state index in [4.69, 9.17) is 0 Å². The second kappa shape index (κ2) is 6.60. The smallest absolute Gasteiger partial charge is 0.223 e. The van der Waals surface area contributed by atoms with Gasteiger partial charge in [-0.15, -0.1) is 11.3 Å². The molecule has 0 aliphatic carbocycles. The van der Waals surface area contributed by atoms with Gasteiger partial charge in [-0.25, -0.2) is 9.97 Å². The number of aryl methyl sites for hydroxylation is 3. The number of piperidine rings is 1. The molecule has 1 fully saturated rings. The van der Waals surface area contributed by atoms with Crippen molar-refractivity contribution in [1.82, 2.24) is 19.4 Å². The van der Waals surface area contributed by atoms with E-state index < -0.39 is 0 Å². The summed E-state index contributed by atoms with van der Waals surface area (Å²) < 4.78 is 2.03. The van der Waals surface area contributed by atoms with Crippen molar-refractivity contribution in [3.8, 4) is 0 Å². The number of hydrogen-bond acceptors (Lipinski definition) is 4. The summed E-state index contributed by atoms with van der Waals surface area (Å²) in [6, 6.07) is 0.177. The zero-order chi connectivity index (χ0) is 15.5. The first-order valence-corrected chi connectivity index (χ1v) is 8.69. The maximum absolute atomic E-state index is 12.7. The zero-order valence-corrected chi connectivity index (χ0v) is 14.0. The minimum atomic E-state index is 0.177. The van der Waals surface area contributed by atoms with Crippen LogP contribution in [0.15, 0.2) is 18.0 Å². The van der Waals surface area contributed by atoms with E-state index in [9.17, 15) is 4.79 Å². The number of likely N-dealkylation sites (tertiary alicyclic amines) is 1. The number of thiazole rings is 1. The molecule has 3 rings (SSSR count). The lowest BCUT2D eigenvalue weighted by molar-refractivity contribution is -0.135. The number of rotatable bonds is 4. The Bertz CT molecular complexity index is 648. The van der Waals surface area contributed by atoms with Crippen molar-refractivity contribution in [2.24, 2.45) is 7.05 Å². The van der Waals surface area contributed by atoms with Gasteiger partial charge in [0.2, 0.25) is 5.91 Å². The third kappa shape index (κ3) is 3.06. The molecule has 1 unspecified atom stereocenters. The fourth-order valence-corrected chi connectivity index (χ4v) is 3.94. The first-order valence-electron chi connectivity index (χ1n) is 7.81. The van der Waals surface area contributed by atoms with Gasteiger partial charge in [0.05, 0.1) is 35.5 Å². The highest BCUT2D eigenvalue weighted by Gasteiger charge is 2.29. The highest BCUT2D eigenvalue weighted by Crippen LogP contribution is 2.31. The van der Waals surface area contributed by atoms with E-state index in [1.54, 1.807) is 11.3 Å². The highest BCUT2D eigenvalue weighted by atomic mass is 32.1. The Kier molecular flexibility index (Phi) is 4.57. The molecule has 2 aromatic rings. The molecule has 0 radical (unpaired) electrons. The van der Waals surface area contributed by atoms with Crippen molar-refractivity contribution in [2.45, 2.75) is 45.1 Å². The Balaban J connectivity index is 1.69. The average Bonchev–Trinajstić information content (AvgIpc) is 3.13. The fourth-order valence-electron chi connectivity index (χ4n) is 3.16. The molecule has 1 aliphatic heterocycles. The third-order valence-electron chi connectivity index (χ3n) is 4.43. The molecule has 1 saturated heterocycles. The van der Waals surface area contributed by atoms with E-state index in [0.717, 1.165) is 37.2 Å². The van der Waals surface area contributed by atoms with Crippen LogP contribution in [0, 0.1) is 6.92 Å². The topological polar surface area (TPSA) is 51.0 Å². The van der Waals surface area contributed by atoms with E-state index in [-0.39, 0.29) is 11.9 Å². The summed E-state index contributed by atoms with van der Waals surface area (Å²) in [6.07, 6.45) is 8.37. The fraction of sp³-hybridized carbons (Fsp3) is 0.562. The number of carbonyl (C=O) groups excluding carboxylic acids is 1. The number of aromatic nitrogens is 3. The molecule has 3 heterocycles. The molecule has 0 bridgehead atoms. The van der Waals surface area contributed by atoms with Crippen LogP contribution in [0.5, 0.6) is 0 Å². The van der Waals surface area contributed by atoms with E-state index in [2.05, 4.69) is 14.9 Å². The van der Waals surface area contributed by atoms with Crippen molar-refractivity contribution < 1.29 is 4.79 Å². The Morgan fingerprint density at radius 3 is 3.00 bits per heavy atom. The molecule has 118 valence electrons. The van der Waals surface area contributed by atoms with Gasteiger partial charge in [0.1, 0.15) is 0 Å². The van der Waals surface area contributed by atoms with E-state index >= 15 is 0 Å². The Morgan fingerprint density at radius 2 is 2.32 bits per heavy atom. The first kappa shape index (κ1) is 15.2. The average molecular weight is 318 g/mol. The van der Waals surface area contributed by atoms with Crippen molar-refractivity contribution in [3.05, 3.63) is 34.3 Å². The number of amides is 1. The molecule has 0 saturated carbocycles. The first-order chi connectivity index (χ1) is 10.7. The number of nitrogens with zero attached hydrogens (tertiary/aromatic N) is 4. The summed E-state index contributed by atoms with van der Waals surface area (Å²) in [5.41, 5.74) is 4.05. The van der Waals surface area contributed by atoms with Crippen LogP contribution in [-0.2, 0) is 18.3 Å². The van der Waals surface area contributed by atoms with Crippen molar-refractivity contribution in [3.63, 3.8) is 0 Å². The Hall–Kier alpha value is -1.69. The number of hydrogen-bond donors (Lipinski definition) is 0. The lowest BCUT2D eigenvalue weighted by Crippen LogP contribution is -2.39. The van der Waals surface area contributed by atoms with Gasteiger partial charge < -0.3 is 9.47 Å². The second-order valence-corrected chi connectivity index (χ2v) is 6.83. The Labute approximate surface area is 135 Å². The summed E-state index contributed by atoms with van der Waals surface area (Å²) in [6.45, 7) is 2.87. The standard InChI is InChI=1S/C16H22N4OS/c1-12-15(22-11-18-12)6-7-16(21)20-8-4-3-5-13(20)14-9-17-10-19(14)2/h9-11,13H,3-8H2,1-2H3. The van der Waals surface area contributed by atoms with E-state index in [1.165, 1.54) is 11.3 Å². The summed E-state index contributed by atoms with van der Waals surface area (Å²) >= 11 is 1.64. The van der Waals surface area contributed by atoms with Gasteiger partial charge in [-0.2, -0.15) is 0 Å². The summed E-state index contributed by atoms with van der Waals surface area (Å²) in [7, 11) is 2.00. The maximum Gasteiger partial charge on any atom is 0.223 e. The minimum Gasteiger partial charge on any atom is -0.336 e. The molecular weight excluding hydrogens is 296 g/mol. The molecule has 1 atom stereocenters. The van der Waals surface area contributed by atoms with Gasteiger partial charge in [0, 0.05) is 24.9 Å². The summed E-state index contributed by atoms with van der Waals surface area (Å²) in [4.78, 5) is 24.4. The Morgan fingerprint density at radius 1 is 1.45 bits per heavy atom. The molecular formula is C16H22N4OS. The molecule has 2 aromatic heterocycles. The van der Waals surface area contributed by atoms with Gasteiger partial charge in [-0.3, -0.25) is 4.79 Å². The van der Waals surface area contributed by atoms with Crippen LogP contribution in [-0.4, -0.2) is 31.9 Å². The summed E-state index contributed by atoms with van der Waals surface area (Å²) in [5.74, 6) is 0.249. The molecule has 0 aromatic carbocycles. The van der Waals surface area contributed by atoms with Crippen molar-refractivity contribution in [1.29, 1.82) is 0 Å². The molecule has 0 N–H and O–H groups in total. The highest BCUT2D eigenvalue weighted by molar-refractivity contribution is 7.09.